The zero-order chi connectivity index (χ0) is 58.9. The van der Waals surface area contributed by atoms with Gasteiger partial charge in [0.15, 0.2) is 0 Å². The largest absolute Gasteiger partial charge is 0.309 e. The molecule has 17 aromatic rings. The van der Waals surface area contributed by atoms with E-state index in [2.05, 4.69) is 304 Å². The second kappa shape index (κ2) is 21.1. The van der Waals surface area contributed by atoms with Crippen molar-refractivity contribution in [3.05, 3.63) is 321 Å². The number of hydrogen-bond acceptors (Lipinski definition) is 3. The Morgan fingerprint density at radius 3 is 0.843 bits per heavy atom. The molecule has 5 aromatic heterocycles. The molecule has 0 amide bonds. The first-order chi connectivity index (χ1) is 44.1. The fourth-order valence-electron chi connectivity index (χ4n) is 13.9. The number of hydrogen-bond donors (Lipinski definition) is 0. The maximum Gasteiger partial charge on any atom is 0.100 e. The van der Waals surface area contributed by atoms with Crippen LogP contribution in [0.25, 0.3) is 161 Å². The molecule has 0 aliphatic carbocycles. The Morgan fingerprint density at radius 2 is 0.517 bits per heavy atom. The quantitative estimate of drug-likeness (QED) is 0.137. The Labute approximate surface area is 514 Å². The van der Waals surface area contributed by atoms with Gasteiger partial charge in [-0.25, -0.2) is 4.98 Å². The molecule has 0 N–H and O–H groups in total. The summed E-state index contributed by atoms with van der Waals surface area (Å²) in [6.45, 7) is 0. The molecule has 17 rings (SSSR count). The van der Waals surface area contributed by atoms with Crippen molar-refractivity contribution in [2.45, 2.75) is 0 Å². The van der Waals surface area contributed by atoms with Crippen molar-refractivity contribution in [3.8, 4) is 101 Å². The Bertz CT molecular complexity index is 5420. The first-order valence-electron chi connectivity index (χ1n) is 30.1. The number of para-hydroxylation sites is 6. The van der Waals surface area contributed by atoms with Crippen molar-refractivity contribution < 1.29 is 0 Å². The molecule has 0 aliphatic rings. The molecular formula is C83H52N6. The van der Waals surface area contributed by atoms with Crippen LogP contribution in [0.4, 0.5) is 0 Å². The molecule has 0 bridgehead atoms. The van der Waals surface area contributed by atoms with E-state index in [9.17, 15) is 5.26 Å². The van der Waals surface area contributed by atoms with Crippen molar-refractivity contribution in [2.24, 2.45) is 0 Å². The van der Waals surface area contributed by atoms with Crippen LogP contribution in [0, 0.1) is 11.3 Å². The smallest absolute Gasteiger partial charge is 0.100 e. The predicted molar refractivity (Wildman–Crippen MR) is 368 cm³/mol. The van der Waals surface area contributed by atoms with E-state index in [0.717, 1.165) is 128 Å². The number of nitriles is 1. The van der Waals surface area contributed by atoms with Gasteiger partial charge in [0.05, 0.1) is 50.1 Å². The molecule has 6 heteroatoms. The lowest BCUT2D eigenvalue weighted by molar-refractivity contribution is 1.18. The zero-order valence-electron chi connectivity index (χ0n) is 48.2. The molecule has 0 spiro atoms. The monoisotopic (exact) mass is 1130 g/mol. The molecular weight excluding hydrogens is 1080 g/mol. The van der Waals surface area contributed by atoms with Gasteiger partial charge in [0.2, 0.25) is 0 Å². The minimum Gasteiger partial charge on any atom is -0.309 e. The standard InChI is InChI=1S/C83H52N6/c84-53-70-79(56-35-41-61(42-36-56)87-73-29-13-7-23-64(73)65-24-8-14-30-74(65)87)81(57-37-43-62(44-38-57)88-75-31-15-9-25-66(75)67-26-10-16-32-76(67)88)82(58-39-45-63(46-40-58)89-77-33-17-11-27-68(77)69-28-12-18-34-78(69)89)83(80(70)59-47-49-85-50-48-59)60-51-71(54-19-3-1-4-20-54)86-72(52-60)55-21-5-2-6-22-55/h1-52H. The highest BCUT2D eigenvalue weighted by Crippen LogP contribution is 2.54. The maximum absolute atomic E-state index is 12.4. The van der Waals surface area contributed by atoms with Crippen molar-refractivity contribution in [2.75, 3.05) is 0 Å². The summed E-state index contributed by atoms with van der Waals surface area (Å²) in [5, 5.41) is 19.6. The summed E-state index contributed by atoms with van der Waals surface area (Å²) < 4.78 is 7.08. The van der Waals surface area contributed by atoms with E-state index < -0.39 is 0 Å². The van der Waals surface area contributed by atoms with E-state index in [-0.39, 0.29) is 0 Å². The van der Waals surface area contributed by atoms with Gasteiger partial charge in [0.25, 0.3) is 0 Å². The molecule has 6 nitrogen and oxygen atoms in total. The lowest BCUT2D eigenvalue weighted by Crippen LogP contribution is -2.04. The van der Waals surface area contributed by atoms with E-state index in [1.807, 2.05) is 36.7 Å². The van der Waals surface area contributed by atoms with Crippen molar-refractivity contribution in [3.63, 3.8) is 0 Å². The van der Waals surface area contributed by atoms with Gasteiger partial charge < -0.3 is 13.7 Å². The number of aromatic nitrogens is 5. The van der Waals surface area contributed by atoms with Crippen LogP contribution in [-0.4, -0.2) is 23.7 Å². The molecule has 5 heterocycles. The number of pyridine rings is 2. The topological polar surface area (TPSA) is 64.4 Å². The molecule has 0 fully saturated rings. The van der Waals surface area contributed by atoms with Crippen LogP contribution in [0.2, 0.25) is 0 Å². The zero-order valence-corrected chi connectivity index (χ0v) is 48.2. The van der Waals surface area contributed by atoms with Gasteiger partial charge in [-0.1, -0.05) is 206 Å². The Hall–Kier alpha value is -12.2. The van der Waals surface area contributed by atoms with Crippen LogP contribution in [-0.2, 0) is 0 Å². The van der Waals surface area contributed by atoms with Gasteiger partial charge >= 0.3 is 0 Å². The minimum atomic E-state index is 0.544. The number of fused-ring (bicyclic) bond motifs is 9. The number of nitrogens with zero attached hydrogens (tertiary/aromatic N) is 6. The second-order valence-electron chi connectivity index (χ2n) is 22.7. The van der Waals surface area contributed by atoms with Crippen LogP contribution in [0.3, 0.4) is 0 Å². The van der Waals surface area contributed by atoms with E-state index in [4.69, 9.17) is 4.98 Å². The summed E-state index contributed by atoms with van der Waals surface area (Å²) in [4.78, 5) is 10.0. The number of rotatable bonds is 10. The van der Waals surface area contributed by atoms with Crippen molar-refractivity contribution in [1.82, 2.24) is 23.7 Å². The third kappa shape index (κ3) is 8.40. The molecule has 0 aliphatic heterocycles. The molecule has 0 unspecified atom stereocenters. The van der Waals surface area contributed by atoms with Gasteiger partial charge in [-0.3, -0.25) is 4.98 Å². The fourth-order valence-corrected chi connectivity index (χ4v) is 13.9. The molecule has 0 saturated heterocycles. The summed E-state index contributed by atoms with van der Waals surface area (Å²) in [7, 11) is 0. The highest BCUT2D eigenvalue weighted by Gasteiger charge is 2.30. The molecule has 0 atom stereocenters. The highest BCUT2D eigenvalue weighted by molar-refractivity contribution is 6.14. The number of benzene rings is 12. The van der Waals surface area contributed by atoms with E-state index >= 15 is 0 Å². The van der Waals surface area contributed by atoms with Crippen LogP contribution in [0.1, 0.15) is 5.56 Å². The van der Waals surface area contributed by atoms with Crippen LogP contribution in [0.5, 0.6) is 0 Å². The SMILES string of the molecule is N#Cc1c(-c2ccc(-n3c4ccccc4c4ccccc43)cc2)c(-c2ccc(-n3c4ccccc4c4ccccc43)cc2)c(-c2ccc(-n3c4ccccc4c4ccccc43)cc2)c(-c2cc(-c3ccccc3)nc(-c3ccccc3)c2)c1-c1ccncc1. The summed E-state index contributed by atoms with van der Waals surface area (Å²) >= 11 is 0. The van der Waals surface area contributed by atoms with Crippen molar-refractivity contribution in [1.29, 1.82) is 5.26 Å². The Kier molecular flexibility index (Phi) is 12.2. The first kappa shape index (κ1) is 51.3. The van der Waals surface area contributed by atoms with Crippen LogP contribution < -0.4 is 0 Å². The summed E-state index contributed by atoms with van der Waals surface area (Å²) in [5.41, 5.74) is 23.1. The molecule has 414 valence electrons. The van der Waals surface area contributed by atoms with Gasteiger partial charge in [-0.15, -0.1) is 0 Å². The lowest BCUT2D eigenvalue weighted by Gasteiger charge is -2.27. The third-order valence-corrected chi connectivity index (χ3v) is 17.8. The van der Waals surface area contributed by atoms with Gasteiger partial charge in [0, 0.05) is 84.0 Å². The van der Waals surface area contributed by atoms with Crippen LogP contribution in [0.15, 0.2) is 316 Å². The minimum absolute atomic E-state index is 0.544. The Balaban J connectivity index is 1.00. The lowest BCUT2D eigenvalue weighted by atomic mass is 9.75. The average molecular weight is 1130 g/mol. The summed E-state index contributed by atoms with van der Waals surface area (Å²) in [6.07, 6.45) is 3.67. The summed E-state index contributed by atoms with van der Waals surface area (Å²) in [5.74, 6) is 0. The second-order valence-corrected chi connectivity index (χ2v) is 22.7. The molecule has 0 radical (unpaired) electrons. The predicted octanol–water partition coefficient (Wildman–Crippen LogP) is 21.3. The van der Waals surface area contributed by atoms with E-state index in [1.54, 1.807) is 0 Å². The van der Waals surface area contributed by atoms with Gasteiger partial charge in [0.1, 0.15) is 6.07 Å². The molecule has 12 aromatic carbocycles. The highest BCUT2D eigenvalue weighted by atomic mass is 15.0. The molecule has 89 heavy (non-hydrogen) atoms. The van der Waals surface area contributed by atoms with E-state index in [0.29, 0.717) is 5.56 Å². The van der Waals surface area contributed by atoms with Crippen molar-refractivity contribution >= 4 is 65.4 Å². The van der Waals surface area contributed by atoms with E-state index in [1.165, 1.54) is 32.3 Å². The average Bonchev–Trinajstić information content (AvgIpc) is 2.71. The normalized spacial score (nSPS) is 11.6. The fraction of sp³-hybridized carbons (Fsp3) is 0. The third-order valence-electron chi connectivity index (χ3n) is 17.8. The summed E-state index contributed by atoms with van der Waals surface area (Å²) in [6, 6.07) is 111. The first-order valence-corrected chi connectivity index (χ1v) is 30.1. The maximum atomic E-state index is 12.4. The van der Waals surface area contributed by atoms with Gasteiger partial charge in [-0.2, -0.15) is 5.26 Å². The van der Waals surface area contributed by atoms with Crippen LogP contribution >= 0.6 is 0 Å². The van der Waals surface area contributed by atoms with Gasteiger partial charge in [-0.05, 0) is 142 Å². The Morgan fingerprint density at radius 1 is 0.247 bits per heavy atom. The molecule has 0 saturated carbocycles.